The molecule has 2 N–H and O–H groups in total. The van der Waals surface area contributed by atoms with E-state index in [1.54, 1.807) is 12.1 Å². The first-order valence-corrected chi connectivity index (χ1v) is 7.47. The van der Waals surface area contributed by atoms with E-state index < -0.39 is 0 Å². The second-order valence-corrected chi connectivity index (χ2v) is 5.43. The van der Waals surface area contributed by atoms with Crippen LogP contribution in [0.25, 0.3) is 0 Å². The maximum absolute atomic E-state index is 9.23. The van der Waals surface area contributed by atoms with Gasteiger partial charge in [-0.3, -0.25) is 0 Å². The standard InChI is InChI=1S/C16H19NOS/c1-2-17-11-13-5-9-16(10-6-13)19-12-14-3-7-15(18)8-4-14/h3-10,17-18H,2,11-12H2,1H3. The predicted octanol–water partition coefficient (Wildman–Crippen LogP) is 3.79. The second kappa shape index (κ2) is 7.22. The zero-order valence-corrected chi connectivity index (χ0v) is 11.9. The molecule has 0 saturated heterocycles. The van der Waals surface area contributed by atoms with Crippen LogP contribution in [0.4, 0.5) is 0 Å². The Labute approximate surface area is 118 Å². The number of hydrogen-bond acceptors (Lipinski definition) is 3. The molecule has 2 aromatic carbocycles. The summed E-state index contributed by atoms with van der Waals surface area (Å²) < 4.78 is 0. The molecule has 0 aliphatic carbocycles. The van der Waals surface area contributed by atoms with Crippen LogP contribution in [0.3, 0.4) is 0 Å². The molecular formula is C16H19NOS. The molecule has 0 spiro atoms. The fourth-order valence-corrected chi connectivity index (χ4v) is 2.59. The molecule has 0 atom stereocenters. The molecule has 0 bridgehead atoms. The van der Waals surface area contributed by atoms with Gasteiger partial charge in [0.25, 0.3) is 0 Å². The van der Waals surface area contributed by atoms with Crippen molar-refractivity contribution in [1.29, 1.82) is 0 Å². The second-order valence-electron chi connectivity index (χ2n) is 4.38. The molecule has 0 heterocycles. The number of thioether (sulfide) groups is 1. The highest BCUT2D eigenvalue weighted by atomic mass is 32.2. The number of benzene rings is 2. The van der Waals surface area contributed by atoms with Crippen molar-refractivity contribution in [3.05, 3.63) is 59.7 Å². The highest BCUT2D eigenvalue weighted by Gasteiger charge is 1.98. The molecule has 3 heteroatoms. The quantitative estimate of drug-likeness (QED) is 0.785. The van der Waals surface area contributed by atoms with Gasteiger partial charge < -0.3 is 10.4 Å². The molecule has 0 aliphatic heterocycles. The average molecular weight is 273 g/mol. The van der Waals surface area contributed by atoms with E-state index in [1.165, 1.54) is 16.0 Å². The summed E-state index contributed by atoms with van der Waals surface area (Å²) in [4.78, 5) is 1.27. The molecule has 0 unspecified atom stereocenters. The summed E-state index contributed by atoms with van der Waals surface area (Å²) in [5.74, 6) is 1.24. The van der Waals surface area contributed by atoms with Crippen LogP contribution >= 0.6 is 11.8 Å². The Morgan fingerprint density at radius 2 is 1.58 bits per heavy atom. The molecule has 0 radical (unpaired) electrons. The van der Waals surface area contributed by atoms with Crippen LogP contribution in [0, 0.1) is 0 Å². The van der Waals surface area contributed by atoms with Crippen LogP contribution < -0.4 is 5.32 Å². The fourth-order valence-electron chi connectivity index (χ4n) is 1.73. The van der Waals surface area contributed by atoms with Crippen molar-refractivity contribution in [2.45, 2.75) is 24.1 Å². The largest absolute Gasteiger partial charge is 0.508 e. The van der Waals surface area contributed by atoms with Gasteiger partial charge in [-0.25, -0.2) is 0 Å². The summed E-state index contributed by atoms with van der Waals surface area (Å²) in [7, 11) is 0. The Balaban J connectivity index is 1.87. The number of aromatic hydroxyl groups is 1. The monoisotopic (exact) mass is 273 g/mol. The Kier molecular flexibility index (Phi) is 5.31. The van der Waals surface area contributed by atoms with Gasteiger partial charge in [-0.1, -0.05) is 31.2 Å². The number of phenols is 1. The van der Waals surface area contributed by atoms with Gasteiger partial charge in [0.1, 0.15) is 5.75 Å². The molecule has 0 fully saturated rings. The van der Waals surface area contributed by atoms with E-state index in [9.17, 15) is 5.11 Å². The van der Waals surface area contributed by atoms with Crippen molar-refractivity contribution in [1.82, 2.24) is 5.32 Å². The molecule has 0 aromatic heterocycles. The van der Waals surface area contributed by atoms with Crippen LogP contribution in [-0.2, 0) is 12.3 Å². The van der Waals surface area contributed by atoms with Crippen LogP contribution in [0.5, 0.6) is 5.75 Å². The number of hydrogen-bond donors (Lipinski definition) is 2. The highest BCUT2D eigenvalue weighted by Crippen LogP contribution is 2.23. The van der Waals surface area contributed by atoms with E-state index in [4.69, 9.17) is 0 Å². The number of nitrogens with one attached hydrogen (secondary N) is 1. The summed E-state index contributed by atoms with van der Waals surface area (Å²) in [6, 6.07) is 16.0. The molecule has 0 aliphatic rings. The average Bonchev–Trinajstić information content (AvgIpc) is 2.46. The van der Waals surface area contributed by atoms with Crippen molar-refractivity contribution >= 4 is 11.8 Å². The Morgan fingerprint density at radius 3 is 2.21 bits per heavy atom. The lowest BCUT2D eigenvalue weighted by molar-refractivity contribution is 0.475. The van der Waals surface area contributed by atoms with Crippen molar-refractivity contribution in [2.24, 2.45) is 0 Å². The van der Waals surface area contributed by atoms with Crippen LogP contribution in [0.1, 0.15) is 18.1 Å². The minimum absolute atomic E-state index is 0.321. The maximum Gasteiger partial charge on any atom is 0.115 e. The summed E-state index contributed by atoms with van der Waals surface area (Å²) in [6.07, 6.45) is 0. The zero-order chi connectivity index (χ0) is 13.5. The molecule has 2 rings (SSSR count). The fraction of sp³-hybridized carbons (Fsp3) is 0.250. The van der Waals surface area contributed by atoms with Gasteiger partial charge in [0.2, 0.25) is 0 Å². The predicted molar refractivity (Wildman–Crippen MR) is 81.5 cm³/mol. The van der Waals surface area contributed by atoms with Gasteiger partial charge in [-0.05, 0) is 41.9 Å². The van der Waals surface area contributed by atoms with E-state index in [0.717, 1.165) is 18.8 Å². The molecular weight excluding hydrogens is 254 g/mol. The van der Waals surface area contributed by atoms with Crippen molar-refractivity contribution < 1.29 is 5.11 Å². The van der Waals surface area contributed by atoms with Crippen LogP contribution in [0.15, 0.2) is 53.4 Å². The van der Waals surface area contributed by atoms with E-state index >= 15 is 0 Å². The van der Waals surface area contributed by atoms with Gasteiger partial charge in [-0.2, -0.15) is 0 Å². The van der Waals surface area contributed by atoms with E-state index in [1.807, 2.05) is 23.9 Å². The number of rotatable bonds is 6. The first-order chi connectivity index (χ1) is 9.28. The lowest BCUT2D eigenvalue weighted by Crippen LogP contribution is -2.11. The molecule has 19 heavy (non-hydrogen) atoms. The van der Waals surface area contributed by atoms with Crippen molar-refractivity contribution in [3.63, 3.8) is 0 Å². The maximum atomic E-state index is 9.23. The lowest BCUT2D eigenvalue weighted by Gasteiger charge is -2.05. The van der Waals surface area contributed by atoms with Gasteiger partial charge in [0, 0.05) is 17.2 Å². The first kappa shape index (κ1) is 14.0. The summed E-state index contributed by atoms with van der Waals surface area (Å²) in [5, 5.41) is 12.5. The molecule has 2 aromatic rings. The van der Waals surface area contributed by atoms with E-state index in [-0.39, 0.29) is 0 Å². The Morgan fingerprint density at radius 1 is 0.947 bits per heavy atom. The highest BCUT2D eigenvalue weighted by molar-refractivity contribution is 7.98. The summed E-state index contributed by atoms with van der Waals surface area (Å²) in [6.45, 7) is 4.04. The minimum Gasteiger partial charge on any atom is -0.508 e. The zero-order valence-electron chi connectivity index (χ0n) is 11.1. The van der Waals surface area contributed by atoms with Crippen molar-refractivity contribution in [3.8, 4) is 5.75 Å². The summed E-state index contributed by atoms with van der Waals surface area (Å²) >= 11 is 1.81. The smallest absolute Gasteiger partial charge is 0.115 e. The minimum atomic E-state index is 0.321. The lowest BCUT2D eigenvalue weighted by atomic mass is 10.2. The van der Waals surface area contributed by atoms with Gasteiger partial charge in [-0.15, -0.1) is 11.8 Å². The topological polar surface area (TPSA) is 32.3 Å². The molecule has 100 valence electrons. The van der Waals surface area contributed by atoms with Crippen LogP contribution in [-0.4, -0.2) is 11.7 Å². The van der Waals surface area contributed by atoms with E-state index in [0.29, 0.717) is 5.75 Å². The van der Waals surface area contributed by atoms with Gasteiger partial charge in [0.15, 0.2) is 0 Å². The SMILES string of the molecule is CCNCc1ccc(SCc2ccc(O)cc2)cc1. The molecule has 0 amide bonds. The Hall–Kier alpha value is -1.45. The van der Waals surface area contributed by atoms with Gasteiger partial charge in [0.05, 0.1) is 0 Å². The normalized spacial score (nSPS) is 10.6. The Bertz CT molecular complexity index is 493. The first-order valence-electron chi connectivity index (χ1n) is 6.48. The third-order valence-corrected chi connectivity index (χ3v) is 3.93. The van der Waals surface area contributed by atoms with Crippen molar-refractivity contribution in [2.75, 3.05) is 6.54 Å². The molecule has 0 saturated carbocycles. The van der Waals surface area contributed by atoms with Gasteiger partial charge >= 0.3 is 0 Å². The van der Waals surface area contributed by atoms with E-state index in [2.05, 4.69) is 36.5 Å². The van der Waals surface area contributed by atoms with Crippen LogP contribution in [0.2, 0.25) is 0 Å². The third kappa shape index (κ3) is 4.62. The summed E-state index contributed by atoms with van der Waals surface area (Å²) in [5.41, 5.74) is 2.54. The number of phenolic OH excluding ortho intramolecular Hbond substituents is 1. The third-order valence-electron chi connectivity index (χ3n) is 2.84. The molecule has 2 nitrogen and oxygen atoms in total.